The molecule has 0 bridgehead atoms. The molecule has 27 heavy (non-hydrogen) atoms. The van der Waals surface area contributed by atoms with Gasteiger partial charge < -0.3 is 4.74 Å². The summed E-state index contributed by atoms with van der Waals surface area (Å²) in [6, 6.07) is 6.31. The van der Waals surface area contributed by atoms with Crippen LogP contribution < -0.4 is 4.74 Å². The zero-order valence-electron chi connectivity index (χ0n) is 13.6. The van der Waals surface area contributed by atoms with Crippen LogP contribution in [0.4, 0.5) is 8.78 Å². The minimum Gasteiger partial charge on any atom is -0.489 e. The molecule has 1 aromatic heterocycles. The zero-order valence-corrected chi connectivity index (χ0v) is 16.0. The summed E-state index contributed by atoms with van der Waals surface area (Å²) in [5.74, 6) is -1.54. The molecule has 1 N–H and O–H groups in total. The summed E-state index contributed by atoms with van der Waals surface area (Å²) in [5.41, 5.74) is -0.335. The van der Waals surface area contributed by atoms with E-state index in [0.717, 1.165) is 18.4 Å². The Kier molecular flexibility index (Phi) is 5.36. The number of nitrogens with zero attached hydrogens (tertiary/aromatic N) is 2. The van der Waals surface area contributed by atoms with Crippen LogP contribution in [0.5, 0.6) is 5.75 Å². The lowest BCUT2D eigenvalue weighted by Gasteiger charge is -2.09. The number of rotatable bonds is 5. The van der Waals surface area contributed by atoms with Crippen LogP contribution in [-0.4, -0.2) is 29.9 Å². The van der Waals surface area contributed by atoms with E-state index in [1.54, 1.807) is 0 Å². The molecule has 0 aliphatic heterocycles. The fourth-order valence-electron chi connectivity index (χ4n) is 2.13. The fourth-order valence-corrected chi connectivity index (χ4v) is 2.88. The van der Waals surface area contributed by atoms with Crippen molar-refractivity contribution in [3.63, 3.8) is 0 Å². The third kappa shape index (κ3) is 4.37. The van der Waals surface area contributed by atoms with Gasteiger partial charge in [-0.1, -0.05) is 23.2 Å². The van der Waals surface area contributed by atoms with Gasteiger partial charge in [0, 0.05) is 17.9 Å². The van der Waals surface area contributed by atoms with Crippen molar-refractivity contribution >= 4 is 33.0 Å². The highest BCUT2D eigenvalue weighted by atomic mass is 35.5. The second-order valence-electron chi connectivity index (χ2n) is 5.52. The molecule has 2 aromatic carbocycles. The molecule has 0 spiro atoms. The molecular formula is C16H11Cl2F2N3O3S. The lowest BCUT2D eigenvalue weighted by molar-refractivity contribution is 0.299. The number of halogens is 4. The highest BCUT2D eigenvalue weighted by molar-refractivity contribution is 7.90. The summed E-state index contributed by atoms with van der Waals surface area (Å²) in [7, 11) is -3.65. The molecule has 0 fully saturated rings. The Bertz CT molecular complexity index is 1120. The van der Waals surface area contributed by atoms with Crippen molar-refractivity contribution in [2.45, 2.75) is 11.8 Å². The number of aromatic amines is 1. The van der Waals surface area contributed by atoms with Crippen LogP contribution in [-0.2, 0) is 16.4 Å². The van der Waals surface area contributed by atoms with Crippen LogP contribution in [0, 0.1) is 11.6 Å². The van der Waals surface area contributed by atoms with Crippen LogP contribution in [0.2, 0.25) is 10.0 Å². The van der Waals surface area contributed by atoms with Gasteiger partial charge in [-0.3, -0.25) is 0 Å². The normalized spacial score (nSPS) is 11.6. The van der Waals surface area contributed by atoms with E-state index in [1.807, 2.05) is 0 Å². The first-order chi connectivity index (χ1) is 12.6. The van der Waals surface area contributed by atoms with E-state index in [2.05, 4.69) is 15.2 Å². The molecule has 6 nitrogen and oxygen atoms in total. The van der Waals surface area contributed by atoms with Gasteiger partial charge in [-0.05, 0) is 24.3 Å². The predicted molar refractivity (Wildman–Crippen MR) is 95.6 cm³/mol. The van der Waals surface area contributed by atoms with Gasteiger partial charge in [0.1, 0.15) is 24.0 Å². The van der Waals surface area contributed by atoms with E-state index in [9.17, 15) is 17.2 Å². The summed E-state index contributed by atoms with van der Waals surface area (Å²) in [4.78, 5) is 3.68. The zero-order chi connectivity index (χ0) is 19.8. The summed E-state index contributed by atoms with van der Waals surface area (Å²) in [5, 5.41) is 5.96. The predicted octanol–water partition coefficient (Wildman–Crippen LogP) is 4.04. The maximum absolute atomic E-state index is 14.4. The number of H-pyrrole nitrogens is 1. The van der Waals surface area contributed by atoms with Gasteiger partial charge in [0.05, 0.1) is 15.6 Å². The monoisotopic (exact) mass is 433 g/mol. The molecule has 0 saturated heterocycles. The van der Waals surface area contributed by atoms with Crippen molar-refractivity contribution in [2.75, 3.05) is 6.26 Å². The molecule has 11 heteroatoms. The van der Waals surface area contributed by atoms with Gasteiger partial charge in [-0.2, -0.15) is 10.1 Å². The van der Waals surface area contributed by atoms with Gasteiger partial charge in [-0.25, -0.2) is 22.3 Å². The van der Waals surface area contributed by atoms with Crippen molar-refractivity contribution < 1.29 is 21.9 Å². The Balaban J connectivity index is 1.84. The van der Waals surface area contributed by atoms with Gasteiger partial charge in [-0.15, -0.1) is 0 Å². The summed E-state index contributed by atoms with van der Waals surface area (Å²) in [6.45, 7) is -0.260. The Hall–Kier alpha value is -2.23. The van der Waals surface area contributed by atoms with E-state index in [1.165, 1.54) is 18.2 Å². The van der Waals surface area contributed by atoms with Crippen LogP contribution in [0.25, 0.3) is 11.4 Å². The summed E-state index contributed by atoms with van der Waals surface area (Å²) >= 11 is 11.7. The molecule has 0 aliphatic carbocycles. The fraction of sp³-hybridized carbons (Fsp3) is 0.125. The highest BCUT2D eigenvalue weighted by Gasteiger charge is 2.19. The van der Waals surface area contributed by atoms with E-state index in [4.69, 9.17) is 27.9 Å². The van der Waals surface area contributed by atoms with Crippen LogP contribution in [0.3, 0.4) is 0 Å². The molecule has 0 amide bonds. The smallest absolute Gasteiger partial charge is 0.243 e. The topological polar surface area (TPSA) is 84.9 Å². The number of sulfone groups is 1. The van der Waals surface area contributed by atoms with Crippen molar-refractivity contribution in [3.8, 4) is 17.1 Å². The van der Waals surface area contributed by atoms with E-state index in [0.29, 0.717) is 10.8 Å². The third-order valence-corrected chi connectivity index (χ3v) is 5.10. The van der Waals surface area contributed by atoms with E-state index < -0.39 is 26.6 Å². The first kappa shape index (κ1) is 19.5. The first-order valence-corrected chi connectivity index (χ1v) is 9.98. The SMILES string of the molecule is CS(=O)(=O)c1nc(-c2cc(F)c(COc3ccc(Cl)c(Cl)c3)cc2F)n[nH]1. The summed E-state index contributed by atoms with van der Waals surface area (Å²) in [6.07, 6.45) is 0.914. The molecule has 3 aromatic rings. The number of hydrogen-bond donors (Lipinski definition) is 1. The van der Waals surface area contributed by atoms with Gasteiger partial charge >= 0.3 is 0 Å². The second-order valence-corrected chi connectivity index (χ2v) is 8.27. The largest absolute Gasteiger partial charge is 0.489 e. The Morgan fingerprint density at radius 1 is 1.11 bits per heavy atom. The Labute approximate surface area is 163 Å². The molecule has 3 rings (SSSR count). The molecule has 0 radical (unpaired) electrons. The average Bonchev–Trinajstić information content (AvgIpc) is 3.08. The minimum atomic E-state index is -3.65. The van der Waals surface area contributed by atoms with Crippen molar-refractivity contribution in [2.24, 2.45) is 0 Å². The van der Waals surface area contributed by atoms with Crippen molar-refractivity contribution in [1.82, 2.24) is 15.2 Å². The second kappa shape index (κ2) is 7.41. The Morgan fingerprint density at radius 2 is 1.85 bits per heavy atom. The number of aromatic nitrogens is 3. The molecule has 0 aliphatic rings. The van der Waals surface area contributed by atoms with Gasteiger partial charge in [0.15, 0.2) is 5.82 Å². The standard InChI is InChI=1S/C16H11Cl2F2N3O3S/c1-27(24,25)16-21-15(22-23-16)10-6-13(19)8(4-14(10)20)7-26-9-2-3-11(17)12(18)5-9/h2-6H,7H2,1H3,(H,21,22,23). The van der Waals surface area contributed by atoms with Crippen molar-refractivity contribution in [1.29, 1.82) is 0 Å². The molecule has 142 valence electrons. The van der Waals surface area contributed by atoms with Crippen LogP contribution in [0.15, 0.2) is 35.5 Å². The molecule has 0 atom stereocenters. The molecule has 0 unspecified atom stereocenters. The maximum atomic E-state index is 14.4. The lowest BCUT2D eigenvalue weighted by Crippen LogP contribution is -2.02. The summed E-state index contributed by atoms with van der Waals surface area (Å²) < 4.78 is 56.9. The van der Waals surface area contributed by atoms with Crippen LogP contribution in [0.1, 0.15) is 5.56 Å². The molecule has 1 heterocycles. The van der Waals surface area contributed by atoms with E-state index >= 15 is 0 Å². The number of ether oxygens (including phenoxy) is 1. The Morgan fingerprint density at radius 3 is 2.48 bits per heavy atom. The van der Waals surface area contributed by atoms with Gasteiger partial charge in [0.2, 0.25) is 15.0 Å². The lowest BCUT2D eigenvalue weighted by atomic mass is 10.1. The first-order valence-electron chi connectivity index (χ1n) is 7.34. The minimum absolute atomic E-state index is 0.0544. The van der Waals surface area contributed by atoms with Gasteiger partial charge in [0.25, 0.3) is 0 Å². The number of benzene rings is 2. The van der Waals surface area contributed by atoms with E-state index in [-0.39, 0.29) is 28.6 Å². The number of nitrogens with one attached hydrogen (secondary N) is 1. The number of hydrogen-bond acceptors (Lipinski definition) is 5. The molecular weight excluding hydrogens is 423 g/mol. The van der Waals surface area contributed by atoms with Crippen LogP contribution >= 0.6 is 23.2 Å². The van der Waals surface area contributed by atoms with Crippen molar-refractivity contribution in [3.05, 3.63) is 57.6 Å². The maximum Gasteiger partial charge on any atom is 0.243 e. The third-order valence-electron chi connectivity index (χ3n) is 3.48. The molecule has 0 saturated carbocycles. The highest BCUT2D eigenvalue weighted by Crippen LogP contribution is 2.28. The quantitative estimate of drug-likeness (QED) is 0.655. The average molecular weight is 434 g/mol.